The first kappa shape index (κ1) is 25.4. The predicted molar refractivity (Wildman–Crippen MR) is 93.4 cm³/mol. The van der Waals surface area contributed by atoms with Gasteiger partial charge in [-0.2, -0.15) is 0 Å². The maximum Gasteiger partial charge on any atom is 0.308 e. The smallest absolute Gasteiger partial charge is 0.308 e. The third-order valence-corrected chi connectivity index (χ3v) is 2.73. The van der Waals surface area contributed by atoms with Crippen molar-refractivity contribution in [3.63, 3.8) is 0 Å². The van der Waals surface area contributed by atoms with Gasteiger partial charge in [-0.15, -0.1) is 0 Å². The van der Waals surface area contributed by atoms with Crippen molar-refractivity contribution in [1.29, 1.82) is 0 Å². The monoisotopic (exact) mass is 314 g/mol. The molecule has 1 unspecified atom stereocenters. The summed E-state index contributed by atoms with van der Waals surface area (Å²) in [6.07, 6.45) is 0.796. The molecule has 0 spiro atoms. The van der Waals surface area contributed by atoms with Crippen LogP contribution in [0.15, 0.2) is 30.3 Å². The van der Waals surface area contributed by atoms with Crippen LogP contribution in [-0.4, -0.2) is 32.4 Å². The van der Waals surface area contributed by atoms with Crippen molar-refractivity contribution in [2.24, 2.45) is 5.92 Å². The lowest BCUT2D eigenvalue weighted by atomic mass is 10.1. The van der Waals surface area contributed by atoms with Gasteiger partial charge in [0.1, 0.15) is 19.0 Å². The topological polar surface area (TPSA) is 44.8 Å². The van der Waals surface area contributed by atoms with Crippen LogP contribution in [0.3, 0.4) is 0 Å². The van der Waals surface area contributed by atoms with Gasteiger partial charge in [0.25, 0.3) is 0 Å². The van der Waals surface area contributed by atoms with E-state index < -0.39 is 0 Å². The van der Waals surface area contributed by atoms with Gasteiger partial charge in [-0.1, -0.05) is 54.3 Å². The summed E-state index contributed by atoms with van der Waals surface area (Å²) < 4.78 is 15.8. The normalized spacial score (nSPS) is 10.3. The van der Waals surface area contributed by atoms with Gasteiger partial charge in [0, 0.05) is 0 Å². The molecule has 0 N–H and O–H groups in total. The van der Waals surface area contributed by atoms with E-state index in [0.29, 0.717) is 26.4 Å². The highest BCUT2D eigenvalue weighted by molar-refractivity contribution is 5.71. The molecule has 0 amide bonds. The molecule has 1 aromatic carbocycles. The third kappa shape index (κ3) is 11.1. The number of carbonyl (C=O) groups is 1. The second kappa shape index (κ2) is 15.8. The molecular formula is C18H34O4. The highest BCUT2D eigenvalue weighted by Crippen LogP contribution is 2.07. The van der Waals surface area contributed by atoms with E-state index in [9.17, 15) is 4.79 Å². The number of hydrogen-bond acceptors (Lipinski definition) is 4. The molecule has 0 aliphatic heterocycles. The predicted octanol–water partition coefficient (Wildman–Crippen LogP) is 4.58. The average molecular weight is 314 g/mol. The van der Waals surface area contributed by atoms with Crippen LogP contribution in [-0.2, 0) is 14.3 Å². The number of para-hydroxylation sites is 1. The van der Waals surface area contributed by atoms with E-state index in [1.807, 2.05) is 44.2 Å². The van der Waals surface area contributed by atoms with Crippen molar-refractivity contribution in [2.45, 2.75) is 42.5 Å². The van der Waals surface area contributed by atoms with E-state index >= 15 is 0 Å². The Kier molecular flexibility index (Phi) is 18.3. The summed E-state index contributed by atoms with van der Waals surface area (Å²) >= 11 is 0. The highest BCUT2D eigenvalue weighted by Gasteiger charge is 2.10. The average Bonchev–Trinajstić information content (AvgIpc) is 2.46. The van der Waals surface area contributed by atoms with Gasteiger partial charge in [-0.3, -0.25) is 4.79 Å². The molecule has 1 rings (SSSR count). The molecule has 0 radical (unpaired) electrons. The summed E-state index contributed by atoms with van der Waals surface area (Å²) in [6.45, 7) is 5.49. The number of hydrogen-bond donors (Lipinski definition) is 0. The number of esters is 1. The summed E-state index contributed by atoms with van der Waals surface area (Å²) in [5, 5.41) is 0. The maximum atomic E-state index is 11.3. The zero-order chi connectivity index (χ0) is 13.9. The molecule has 22 heavy (non-hydrogen) atoms. The number of rotatable bonds is 9. The Hall–Kier alpha value is -1.55. The zero-order valence-corrected chi connectivity index (χ0v) is 11.6. The molecule has 0 aliphatic carbocycles. The van der Waals surface area contributed by atoms with E-state index in [1.54, 1.807) is 0 Å². The Bertz CT molecular complexity index is 351. The number of benzene rings is 1. The van der Waals surface area contributed by atoms with Crippen LogP contribution in [0.2, 0.25) is 0 Å². The molecular weight excluding hydrogens is 280 g/mol. The molecule has 130 valence electrons. The Balaban J connectivity index is -0.00000120. The molecule has 1 aromatic rings. The van der Waals surface area contributed by atoms with Crippen molar-refractivity contribution in [2.75, 3.05) is 26.4 Å². The fourth-order valence-corrected chi connectivity index (χ4v) is 1.35. The molecule has 0 saturated carbocycles. The van der Waals surface area contributed by atoms with Gasteiger partial charge in [0.05, 0.1) is 19.1 Å². The minimum Gasteiger partial charge on any atom is -0.491 e. The SMILES string of the molecule is C.C.C.CCC(C)C(=O)OCCOCCOc1ccccc1. The molecule has 0 saturated heterocycles. The first-order chi connectivity index (χ1) is 9.24. The highest BCUT2D eigenvalue weighted by atomic mass is 16.6. The van der Waals surface area contributed by atoms with E-state index in [1.165, 1.54) is 0 Å². The standard InChI is InChI=1S/C15H22O4.3CH4/c1-3-13(2)15(16)19-12-10-17-9-11-18-14-7-5-4-6-8-14;;;/h4-8,13H,3,9-12H2,1-2H3;3*1H4. The van der Waals surface area contributed by atoms with Crippen molar-refractivity contribution >= 4 is 5.97 Å². The minimum atomic E-state index is -0.161. The van der Waals surface area contributed by atoms with Gasteiger partial charge >= 0.3 is 5.97 Å². The second-order valence-corrected chi connectivity index (χ2v) is 4.25. The summed E-state index contributed by atoms with van der Waals surface area (Å²) in [6, 6.07) is 9.58. The third-order valence-electron chi connectivity index (χ3n) is 2.73. The Morgan fingerprint density at radius 3 is 2.18 bits per heavy atom. The molecule has 0 bridgehead atoms. The quantitative estimate of drug-likeness (QED) is 0.494. The Morgan fingerprint density at radius 2 is 1.59 bits per heavy atom. The van der Waals surface area contributed by atoms with Crippen LogP contribution in [0.5, 0.6) is 5.75 Å². The van der Waals surface area contributed by atoms with E-state index in [-0.39, 0.29) is 34.2 Å². The van der Waals surface area contributed by atoms with Crippen molar-refractivity contribution in [3.05, 3.63) is 30.3 Å². The molecule has 4 heteroatoms. The Morgan fingerprint density at radius 1 is 1.00 bits per heavy atom. The lowest BCUT2D eigenvalue weighted by molar-refractivity contribution is -0.149. The number of ether oxygens (including phenoxy) is 3. The van der Waals surface area contributed by atoms with Crippen molar-refractivity contribution in [3.8, 4) is 5.75 Å². The lowest BCUT2D eigenvalue weighted by Crippen LogP contribution is -2.18. The lowest BCUT2D eigenvalue weighted by Gasteiger charge is -2.10. The fourth-order valence-electron chi connectivity index (χ4n) is 1.35. The second-order valence-electron chi connectivity index (χ2n) is 4.25. The van der Waals surface area contributed by atoms with E-state index in [0.717, 1.165) is 12.2 Å². The molecule has 0 heterocycles. The molecule has 4 nitrogen and oxygen atoms in total. The van der Waals surface area contributed by atoms with Crippen molar-refractivity contribution in [1.82, 2.24) is 0 Å². The summed E-state index contributed by atoms with van der Waals surface area (Å²) in [4.78, 5) is 11.3. The molecule has 0 fully saturated rings. The van der Waals surface area contributed by atoms with Gasteiger partial charge in [-0.25, -0.2) is 0 Å². The fraction of sp³-hybridized carbons (Fsp3) is 0.611. The summed E-state index contributed by atoms with van der Waals surface area (Å²) in [5.41, 5.74) is 0. The molecule has 0 aromatic heterocycles. The van der Waals surface area contributed by atoms with Crippen LogP contribution >= 0.6 is 0 Å². The molecule has 1 atom stereocenters. The van der Waals surface area contributed by atoms with E-state index in [4.69, 9.17) is 14.2 Å². The van der Waals surface area contributed by atoms with E-state index in [2.05, 4.69) is 0 Å². The van der Waals surface area contributed by atoms with Gasteiger partial charge < -0.3 is 14.2 Å². The van der Waals surface area contributed by atoms with Gasteiger partial charge in [0.15, 0.2) is 0 Å². The first-order valence-corrected chi connectivity index (χ1v) is 6.66. The largest absolute Gasteiger partial charge is 0.491 e. The molecule has 0 aliphatic rings. The van der Waals surface area contributed by atoms with Gasteiger partial charge in [-0.05, 0) is 18.6 Å². The summed E-state index contributed by atoms with van der Waals surface area (Å²) in [7, 11) is 0. The maximum absolute atomic E-state index is 11.3. The van der Waals surface area contributed by atoms with Crippen LogP contribution in [0, 0.1) is 5.92 Å². The van der Waals surface area contributed by atoms with Crippen LogP contribution < -0.4 is 4.74 Å². The Labute approximate surface area is 136 Å². The zero-order valence-electron chi connectivity index (χ0n) is 11.6. The van der Waals surface area contributed by atoms with Crippen LogP contribution in [0.25, 0.3) is 0 Å². The summed E-state index contributed by atoms with van der Waals surface area (Å²) in [5.74, 6) is 0.627. The van der Waals surface area contributed by atoms with Gasteiger partial charge in [0.2, 0.25) is 0 Å². The minimum absolute atomic E-state index is 0. The first-order valence-electron chi connectivity index (χ1n) is 6.66. The van der Waals surface area contributed by atoms with Crippen molar-refractivity contribution < 1.29 is 19.0 Å². The van der Waals surface area contributed by atoms with Crippen LogP contribution in [0.4, 0.5) is 0 Å². The number of carbonyl (C=O) groups excluding carboxylic acids is 1. The van der Waals surface area contributed by atoms with Crippen LogP contribution in [0.1, 0.15) is 42.5 Å².